The van der Waals surface area contributed by atoms with Crippen LogP contribution in [0.15, 0.2) is 24.3 Å². The molecule has 0 radical (unpaired) electrons. The molecule has 1 aliphatic carbocycles. The van der Waals surface area contributed by atoms with Gasteiger partial charge in [-0.1, -0.05) is 43.5 Å². The molecule has 1 N–H and O–H groups in total. The van der Waals surface area contributed by atoms with Gasteiger partial charge in [0, 0.05) is 6.54 Å². The third-order valence-corrected chi connectivity index (χ3v) is 3.59. The van der Waals surface area contributed by atoms with E-state index in [0.717, 1.165) is 12.5 Å². The van der Waals surface area contributed by atoms with Crippen LogP contribution in [0.3, 0.4) is 0 Å². The van der Waals surface area contributed by atoms with Crippen molar-refractivity contribution in [2.75, 3.05) is 6.54 Å². The highest BCUT2D eigenvalue weighted by molar-refractivity contribution is 5.25. The summed E-state index contributed by atoms with van der Waals surface area (Å²) >= 11 is 0. The van der Waals surface area contributed by atoms with Gasteiger partial charge in [0.05, 0.1) is 12.6 Å². The van der Waals surface area contributed by atoms with Crippen molar-refractivity contribution < 1.29 is 0 Å². The molecule has 0 bridgehead atoms. The van der Waals surface area contributed by atoms with E-state index in [4.69, 9.17) is 5.26 Å². The lowest BCUT2D eigenvalue weighted by molar-refractivity contribution is 0.443. The van der Waals surface area contributed by atoms with Gasteiger partial charge in [-0.2, -0.15) is 5.26 Å². The van der Waals surface area contributed by atoms with Crippen LogP contribution in [0.1, 0.15) is 49.1 Å². The Kier molecular flexibility index (Phi) is 4.58. The summed E-state index contributed by atoms with van der Waals surface area (Å²) in [6.07, 6.45) is 6.89. The Balaban J connectivity index is 1.90. The van der Waals surface area contributed by atoms with Gasteiger partial charge in [-0.25, -0.2) is 0 Å². The second-order valence-electron chi connectivity index (χ2n) is 4.84. The van der Waals surface area contributed by atoms with Crippen molar-refractivity contribution in [3.8, 4) is 6.07 Å². The molecule has 1 aliphatic rings. The molecule has 2 rings (SSSR count). The Morgan fingerprint density at radius 1 is 1.12 bits per heavy atom. The predicted molar refractivity (Wildman–Crippen MR) is 69.6 cm³/mol. The van der Waals surface area contributed by atoms with Gasteiger partial charge in [0.2, 0.25) is 0 Å². The Morgan fingerprint density at radius 3 is 2.47 bits per heavy atom. The summed E-state index contributed by atoms with van der Waals surface area (Å²) in [7, 11) is 0. The van der Waals surface area contributed by atoms with E-state index in [1.807, 2.05) is 0 Å². The first-order chi connectivity index (χ1) is 8.40. The number of benzene rings is 1. The van der Waals surface area contributed by atoms with Crippen molar-refractivity contribution in [2.45, 2.75) is 44.6 Å². The molecular formula is C15H20N2. The normalized spacial score (nSPS) is 16.6. The maximum atomic E-state index is 8.45. The van der Waals surface area contributed by atoms with Crippen LogP contribution in [0.4, 0.5) is 0 Å². The second-order valence-corrected chi connectivity index (χ2v) is 4.84. The minimum Gasteiger partial charge on any atom is -0.300 e. The van der Waals surface area contributed by atoms with Crippen molar-refractivity contribution in [1.82, 2.24) is 5.32 Å². The minimum atomic E-state index is 0.421. The maximum Gasteiger partial charge on any atom is 0.0843 e. The molecule has 0 saturated heterocycles. The Bertz CT molecular complexity index is 369. The summed E-state index contributed by atoms with van der Waals surface area (Å²) in [6, 6.07) is 11.0. The largest absolute Gasteiger partial charge is 0.300 e. The molecule has 0 aliphatic heterocycles. The van der Waals surface area contributed by atoms with Crippen LogP contribution < -0.4 is 5.32 Å². The van der Waals surface area contributed by atoms with Crippen LogP contribution in [0.25, 0.3) is 0 Å². The van der Waals surface area contributed by atoms with Gasteiger partial charge in [-0.15, -0.1) is 0 Å². The van der Waals surface area contributed by atoms with Crippen LogP contribution in [-0.2, 0) is 6.54 Å². The molecule has 1 aromatic carbocycles. The van der Waals surface area contributed by atoms with Crippen LogP contribution in [0.5, 0.6) is 0 Å². The van der Waals surface area contributed by atoms with Crippen LogP contribution in [0, 0.1) is 11.3 Å². The molecule has 2 heteroatoms. The Labute approximate surface area is 104 Å². The average molecular weight is 228 g/mol. The lowest BCUT2D eigenvalue weighted by atomic mass is 9.84. The number of nitrogens with one attached hydrogen (secondary N) is 1. The zero-order valence-corrected chi connectivity index (χ0v) is 10.3. The highest BCUT2D eigenvalue weighted by Gasteiger charge is 2.14. The fourth-order valence-electron chi connectivity index (χ4n) is 2.61. The van der Waals surface area contributed by atoms with E-state index < -0.39 is 0 Å². The summed E-state index contributed by atoms with van der Waals surface area (Å²) in [5, 5.41) is 11.5. The molecule has 0 amide bonds. The smallest absolute Gasteiger partial charge is 0.0843 e. The number of hydrogen-bond acceptors (Lipinski definition) is 2. The quantitative estimate of drug-likeness (QED) is 0.633. The van der Waals surface area contributed by atoms with E-state index in [1.54, 1.807) is 0 Å². The zero-order chi connectivity index (χ0) is 11.9. The van der Waals surface area contributed by atoms with Gasteiger partial charge in [0.15, 0.2) is 0 Å². The molecule has 1 saturated carbocycles. The Hall–Kier alpha value is -1.33. The highest BCUT2D eigenvalue weighted by Crippen LogP contribution is 2.32. The third kappa shape index (κ3) is 3.57. The van der Waals surface area contributed by atoms with Gasteiger partial charge < -0.3 is 5.32 Å². The number of rotatable bonds is 4. The van der Waals surface area contributed by atoms with E-state index in [2.05, 4.69) is 35.7 Å². The first-order valence-corrected chi connectivity index (χ1v) is 6.56. The maximum absolute atomic E-state index is 8.45. The molecule has 1 fully saturated rings. The SMILES string of the molecule is N#CCNCc1ccc(C2CCCCC2)cc1. The molecule has 0 heterocycles. The van der Waals surface area contributed by atoms with Crippen molar-refractivity contribution in [3.63, 3.8) is 0 Å². The summed E-state index contributed by atoms with van der Waals surface area (Å²) in [5.74, 6) is 0.782. The van der Waals surface area contributed by atoms with E-state index in [-0.39, 0.29) is 0 Å². The molecule has 2 nitrogen and oxygen atoms in total. The van der Waals surface area contributed by atoms with E-state index >= 15 is 0 Å². The summed E-state index contributed by atoms with van der Waals surface area (Å²) in [4.78, 5) is 0. The number of nitrogens with zero attached hydrogens (tertiary/aromatic N) is 1. The van der Waals surface area contributed by atoms with Crippen molar-refractivity contribution in [2.24, 2.45) is 0 Å². The summed E-state index contributed by atoms with van der Waals surface area (Å²) < 4.78 is 0. The Morgan fingerprint density at radius 2 is 1.82 bits per heavy atom. The minimum absolute atomic E-state index is 0.421. The molecule has 90 valence electrons. The van der Waals surface area contributed by atoms with Crippen molar-refractivity contribution in [1.29, 1.82) is 5.26 Å². The van der Waals surface area contributed by atoms with Crippen molar-refractivity contribution >= 4 is 0 Å². The van der Waals surface area contributed by atoms with Gasteiger partial charge in [-0.05, 0) is 29.9 Å². The average Bonchev–Trinajstić information content (AvgIpc) is 2.41. The molecule has 1 aromatic rings. The van der Waals surface area contributed by atoms with Crippen LogP contribution in [-0.4, -0.2) is 6.54 Å². The fourth-order valence-corrected chi connectivity index (χ4v) is 2.61. The van der Waals surface area contributed by atoms with Gasteiger partial charge in [-0.3, -0.25) is 0 Å². The lowest BCUT2D eigenvalue weighted by Crippen LogP contribution is -2.13. The fraction of sp³-hybridized carbons (Fsp3) is 0.533. The van der Waals surface area contributed by atoms with Gasteiger partial charge in [0.1, 0.15) is 0 Å². The molecule has 0 unspecified atom stereocenters. The summed E-state index contributed by atoms with van der Waals surface area (Å²) in [6.45, 7) is 1.21. The van der Waals surface area contributed by atoms with Crippen LogP contribution >= 0.6 is 0 Å². The van der Waals surface area contributed by atoms with E-state index in [0.29, 0.717) is 6.54 Å². The lowest BCUT2D eigenvalue weighted by Gasteiger charge is -2.22. The summed E-state index contributed by atoms with van der Waals surface area (Å²) in [5.41, 5.74) is 2.76. The highest BCUT2D eigenvalue weighted by atomic mass is 14.8. The molecule has 0 atom stereocenters. The van der Waals surface area contributed by atoms with Gasteiger partial charge >= 0.3 is 0 Å². The van der Waals surface area contributed by atoms with Gasteiger partial charge in [0.25, 0.3) is 0 Å². The molecule has 0 spiro atoms. The second kappa shape index (κ2) is 6.42. The van der Waals surface area contributed by atoms with E-state index in [9.17, 15) is 0 Å². The first-order valence-electron chi connectivity index (χ1n) is 6.56. The number of hydrogen-bond donors (Lipinski definition) is 1. The standard InChI is InChI=1S/C15H20N2/c16-10-11-17-12-13-6-8-15(9-7-13)14-4-2-1-3-5-14/h6-9,14,17H,1-5,11-12H2. The van der Waals surface area contributed by atoms with Crippen molar-refractivity contribution in [3.05, 3.63) is 35.4 Å². The zero-order valence-electron chi connectivity index (χ0n) is 10.3. The monoisotopic (exact) mass is 228 g/mol. The van der Waals surface area contributed by atoms with Crippen LogP contribution in [0.2, 0.25) is 0 Å². The first kappa shape index (κ1) is 12.1. The predicted octanol–water partition coefficient (Wildman–Crippen LogP) is 3.35. The van der Waals surface area contributed by atoms with E-state index in [1.165, 1.54) is 43.2 Å². The molecular weight excluding hydrogens is 208 g/mol. The molecule has 0 aromatic heterocycles. The number of nitriles is 1. The third-order valence-electron chi connectivity index (χ3n) is 3.59. The molecule has 17 heavy (non-hydrogen) atoms. The topological polar surface area (TPSA) is 35.8 Å².